The number of nitrogens with zero attached hydrogens (tertiary/aromatic N) is 3. The van der Waals surface area contributed by atoms with E-state index in [2.05, 4.69) is 16.9 Å². The molecule has 0 aliphatic carbocycles. The Labute approximate surface area is 99.0 Å². The number of hydrazine groups is 1. The highest BCUT2D eigenvalue weighted by atomic mass is 16.4. The Balaban J connectivity index is 2.86. The Morgan fingerprint density at radius 3 is 2.88 bits per heavy atom. The highest BCUT2D eigenvalue weighted by Crippen LogP contribution is 2.18. The molecule has 0 aromatic heterocycles. The Morgan fingerprint density at radius 1 is 1.53 bits per heavy atom. The van der Waals surface area contributed by atoms with Crippen LogP contribution in [0.2, 0.25) is 0 Å². The van der Waals surface area contributed by atoms with Gasteiger partial charge in [-0.2, -0.15) is 5.10 Å². The molecule has 0 saturated carbocycles. The Bertz CT molecular complexity index is 431. The lowest BCUT2D eigenvalue weighted by molar-refractivity contribution is -0.136. The smallest absolute Gasteiger partial charge is 0.303 e. The van der Waals surface area contributed by atoms with Gasteiger partial charge in [-0.15, -0.1) is 5.10 Å². The summed E-state index contributed by atoms with van der Waals surface area (Å²) in [7, 11) is 0. The summed E-state index contributed by atoms with van der Waals surface area (Å²) in [6, 6.07) is 7.26. The average molecular weight is 234 g/mol. The number of carboxylic acids is 1. The lowest BCUT2D eigenvalue weighted by Gasteiger charge is -2.16. The van der Waals surface area contributed by atoms with Crippen molar-refractivity contribution >= 4 is 24.7 Å². The number of carbonyl (C=O) groups is 1. The fraction of sp³-hybridized carbons (Fsp3) is 0.182. The number of nitrogens with two attached hydrogens (primary N) is 1. The number of para-hydroxylation sites is 1. The van der Waals surface area contributed by atoms with Gasteiger partial charge in [0.25, 0.3) is 0 Å². The summed E-state index contributed by atoms with van der Waals surface area (Å²) in [6.45, 7) is 3.20. The van der Waals surface area contributed by atoms with Gasteiger partial charge in [0.2, 0.25) is 0 Å². The molecule has 0 aliphatic heterocycles. The minimum atomic E-state index is -0.843. The van der Waals surface area contributed by atoms with Crippen LogP contribution in [0, 0.1) is 0 Å². The fourth-order valence-corrected chi connectivity index (χ4v) is 1.37. The third kappa shape index (κ3) is 4.04. The molecule has 1 aromatic rings. The topological polar surface area (TPSA) is 91.3 Å². The number of benzene rings is 1. The number of hydrogen-bond acceptors (Lipinski definition) is 4. The Kier molecular flexibility index (Phi) is 4.83. The van der Waals surface area contributed by atoms with Gasteiger partial charge < -0.3 is 5.11 Å². The zero-order chi connectivity index (χ0) is 12.7. The first-order valence-electron chi connectivity index (χ1n) is 4.98. The van der Waals surface area contributed by atoms with Crippen LogP contribution in [-0.4, -0.2) is 24.1 Å². The molecule has 1 rings (SSSR count). The monoisotopic (exact) mass is 234 g/mol. The number of aryl methyl sites for hydroxylation is 1. The van der Waals surface area contributed by atoms with Gasteiger partial charge in [0.15, 0.2) is 0 Å². The van der Waals surface area contributed by atoms with E-state index in [0.29, 0.717) is 12.1 Å². The molecular formula is C11H14N4O2. The van der Waals surface area contributed by atoms with Crippen molar-refractivity contribution in [3.8, 4) is 0 Å². The maximum Gasteiger partial charge on any atom is 0.303 e. The van der Waals surface area contributed by atoms with Gasteiger partial charge in [-0.1, -0.05) is 18.2 Å². The first kappa shape index (κ1) is 12.9. The molecule has 1 aromatic carbocycles. The molecule has 90 valence electrons. The molecule has 0 heterocycles. The predicted molar refractivity (Wildman–Crippen MR) is 67.1 cm³/mol. The number of hydrogen-bond donors (Lipinski definition) is 2. The average Bonchev–Trinajstić information content (AvgIpc) is 2.33. The van der Waals surface area contributed by atoms with Gasteiger partial charge in [0, 0.05) is 13.1 Å². The molecule has 0 saturated heterocycles. The van der Waals surface area contributed by atoms with Gasteiger partial charge in [-0.3, -0.25) is 9.80 Å². The largest absolute Gasteiger partial charge is 0.481 e. The molecule has 0 atom stereocenters. The van der Waals surface area contributed by atoms with Crippen LogP contribution in [0.4, 0.5) is 5.69 Å². The first-order valence-corrected chi connectivity index (χ1v) is 4.98. The normalized spacial score (nSPS) is 10.4. The van der Waals surface area contributed by atoms with Crippen molar-refractivity contribution < 1.29 is 9.90 Å². The maximum absolute atomic E-state index is 10.5. The SMILES string of the molecule is C=N/N=C\N(N)c1ccccc1CCC(=O)O. The van der Waals surface area contributed by atoms with Crippen LogP contribution in [0.25, 0.3) is 0 Å². The summed E-state index contributed by atoms with van der Waals surface area (Å²) >= 11 is 0. The highest BCUT2D eigenvalue weighted by molar-refractivity contribution is 5.79. The minimum absolute atomic E-state index is 0.0572. The number of carboxylic acid groups (broad SMARTS) is 1. The van der Waals surface area contributed by atoms with Crippen molar-refractivity contribution in [1.29, 1.82) is 0 Å². The van der Waals surface area contributed by atoms with E-state index in [1.54, 1.807) is 6.07 Å². The summed E-state index contributed by atoms with van der Waals surface area (Å²) < 4.78 is 0. The van der Waals surface area contributed by atoms with Gasteiger partial charge in [0.1, 0.15) is 6.34 Å². The molecule has 0 spiro atoms. The third-order valence-corrected chi connectivity index (χ3v) is 2.14. The van der Waals surface area contributed by atoms with Crippen molar-refractivity contribution in [3.63, 3.8) is 0 Å². The van der Waals surface area contributed by atoms with E-state index in [-0.39, 0.29) is 6.42 Å². The van der Waals surface area contributed by atoms with Crippen molar-refractivity contribution in [2.45, 2.75) is 12.8 Å². The standard InChI is InChI=1S/C11H14N4O2/c1-13-14-8-15(12)10-5-3-2-4-9(10)6-7-11(16)17/h2-5,8H,1,6-7,12H2,(H,16,17)/b14-8-. The van der Waals surface area contributed by atoms with E-state index in [1.165, 1.54) is 11.3 Å². The van der Waals surface area contributed by atoms with Crippen LogP contribution in [0.3, 0.4) is 0 Å². The highest BCUT2D eigenvalue weighted by Gasteiger charge is 2.07. The van der Waals surface area contributed by atoms with E-state index in [0.717, 1.165) is 5.56 Å². The second-order valence-corrected chi connectivity index (χ2v) is 3.30. The van der Waals surface area contributed by atoms with E-state index < -0.39 is 5.97 Å². The van der Waals surface area contributed by atoms with E-state index in [4.69, 9.17) is 10.9 Å². The molecule has 0 aliphatic rings. The van der Waals surface area contributed by atoms with E-state index >= 15 is 0 Å². The van der Waals surface area contributed by atoms with Gasteiger partial charge in [-0.05, 0) is 18.1 Å². The van der Waals surface area contributed by atoms with Crippen LogP contribution in [0.1, 0.15) is 12.0 Å². The van der Waals surface area contributed by atoms with Crippen molar-refractivity contribution in [1.82, 2.24) is 0 Å². The Morgan fingerprint density at radius 2 is 2.24 bits per heavy atom. The molecular weight excluding hydrogens is 220 g/mol. The summed E-state index contributed by atoms with van der Waals surface area (Å²) in [5, 5.41) is 16.8. The maximum atomic E-state index is 10.5. The molecule has 17 heavy (non-hydrogen) atoms. The lowest BCUT2D eigenvalue weighted by Crippen LogP contribution is -2.29. The molecule has 0 amide bonds. The molecule has 0 bridgehead atoms. The third-order valence-electron chi connectivity index (χ3n) is 2.14. The van der Waals surface area contributed by atoms with Crippen molar-refractivity contribution in [2.24, 2.45) is 16.0 Å². The molecule has 0 unspecified atom stereocenters. The molecule has 0 fully saturated rings. The van der Waals surface area contributed by atoms with Crippen LogP contribution >= 0.6 is 0 Å². The molecule has 0 radical (unpaired) electrons. The predicted octanol–water partition coefficient (Wildman–Crippen LogP) is 1.03. The molecule has 6 nitrogen and oxygen atoms in total. The van der Waals surface area contributed by atoms with Crippen LogP contribution in [0.15, 0.2) is 34.5 Å². The number of rotatable bonds is 6. The molecule has 6 heteroatoms. The second kappa shape index (κ2) is 6.39. The van der Waals surface area contributed by atoms with Gasteiger partial charge in [0.05, 0.1) is 5.69 Å². The lowest BCUT2D eigenvalue weighted by atomic mass is 10.1. The van der Waals surface area contributed by atoms with Crippen molar-refractivity contribution in [3.05, 3.63) is 29.8 Å². The first-order chi connectivity index (χ1) is 8.15. The zero-order valence-electron chi connectivity index (χ0n) is 9.28. The zero-order valence-corrected chi connectivity index (χ0v) is 9.28. The summed E-state index contributed by atoms with van der Waals surface area (Å²) in [5.41, 5.74) is 1.54. The number of anilines is 1. The van der Waals surface area contributed by atoms with Gasteiger partial charge >= 0.3 is 5.97 Å². The summed E-state index contributed by atoms with van der Waals surface area (Å²) in [6.07, 6.45) is 1.78. The van der Waals surface area contributed by atoms with Gasteiger partial charge in [-0.25, -0.2) is 5.84 Å². The van der Waals surface area contributed by atoms with Crippen LogP contribution in [-0.2, 0) is 11.2 Å². The van der Waals surface area contributed by atoms with Crippen LogP contribution < -0.4 is 10.9 Å². The summed E-state index contributed by atoms with van der Waals surface area (Å²) in [5.74, 6) is 4.89. The van der Waals surface area contributed by atoms with E-state index in [9.17, 15) is 4.79 Å². The second-order valence-electron chi connectivity index (χ2n) is 3.30. The molecule has 3 N–H and O–H groups in total. The quantitative estimate of drug-likeness (QED) is 0.333. The fourth-order valence-electron chi connectivity index (χ4n) is 1.37. The minimum Gasteiger partial charge on any atom is -0.481 e. The summed E-state index contributed by atoms with van der Waals surface area (Å²) in [4.78, 5) is 10.5. The Hall–Kier alpha value is -2.21. The van der Waals surface area contributed by atoms with E-state index in [1.807, 2.05) is 18.2 Å². The van der Waals surface area contributed by atoms with Crippen molar-refractivity contribution in [2.75, 3.05) is 5.01 Å². The number of aliphatic carboxylic acids is 1. The van der Waals surface area contributed by atoms with Crippen LogP contribution in [0.5, 0.6) is 0 Å².